The van der Waals surface area contributed by atoms with Crippen LogP contribution in [0.4, 0.5) is 4.39 Å². The number of aryl methyl sites for hydroxylation is 1. The summed E-state index contributed by atoms with van der Waals surface area (Å²) in [4.78, 5) is 12.5. The van der Waals surface area contributed by atoms with Crippen LogP contribution >= 0.6 is 0 Å². The second-order valence-corrected chi connectivity index (χ2v) is 11.0. The van der Waals surface area contributed by atoms with E-state index in [2.05, 4.69) is 5.32 Å². The van der Waals surface area contributed by atoms with Crippen molar-refractivity contribution in [1.29, 1.82) is 0 Å². The van der Waals surface area contributed by atoms with Gasteiger partial charge in [-0.2, -0.15) is 0 Å². The molecule has 0 aliphatic heterocycles. The van der Waals surface area contributed by atoms with Gasteiger partial charge in [-0.05, 0) is 71.5 Å². The van der Waals surface area contributed by atoms with Crippen LogP contribution < -0.4 is 14.8 Å². The van der Waals surface area contributed by atoms with Crippen LogP contribution in [0.2, 0.25) is 0 Å². The molecule has 0 fully saturated rings. The van der Waals surface area contributed by atoms with Crippen LogP contribution in [0.5, 0.6) is 11.5 Å². The van der Waals surface area contributed by atoms with Crippen LogP contribution in [-0.2, 0) is 22.0 Å². The molecule has 4 aromatic carbocycles. The van der Waals surface area contributed by atoms with Gasteiger partial charge in [0.15, 0.2) is 9.84 Å². The fraction of sp³-hybridized carbons (Fsp3) is 0.194. The van der Waals surface area contributed by atoms with Gasteiger partial charge in [0.25, 0.3) is 5.91 Å². The van der Waals surface area contributed by atoms with Crippen molar-refractivity contribution in [2.45, 2.75) is 23.5 Å². The average Bonchev–Trinajstić information content (AvgIpc) is 2.94. The van der Waals surface area contributed by atoms with E-state index in [1.807, 2.05) is 18.2 Å². The number of sulfone groups is 1. The number of carbonyl (C=O) groups excluding carboxylic acids is 1. The molecule has 0 aromatic heterocycles. The first kappa shape index (κ1) is 27.9. The Labute approximate surface area is 228 Å². The standard InChI is InChI=1S/C31H30FNO5S/c1-37-28-14-4-3-13-27(28)31(34)33-17-7-10-22-8-5-9-23(18-22)21-39(35,36)30-20-25(15-16-29(30)38-2)24-11-6-12-26(32)19-24/h3-6,8-9,11-16,18-20H,7,10,17,21H2,1-2H3,(H,33,34). The zero-order valence-corrected chi connectivity index (χ0v) is 22.6. The summed E-state index contributed by atoms with van der Waals surface area (Å²) in [6.45, 7) is 0.462. The van der Waals surface area contributed by atoms with Crippen molar-refractivity contribution in [3.05, 3.63) is 114 Å². The summed E-state index contributed by atoms with van der Waals surface area (Å²) in [5, 5.41) is 2.90. The Morgan fingerprint density at radius 3 is 2.28 bits per heavy atom. The molecule has 4 rings (SSSR count). The summed E-state index contributed by atoms with van der Waals surface area (Å²) < 4.78 is 51.2. The minimum absolute atomic E-state index is 0.0521. The van der Waals surface area contributed by atoms with Crippen molar-refractivity contribution in [3.8, 4) is 22.6 Å². The molecule has 4 aromatic rings. The van der Waals surface area contributed by atoms with Crippen LogP contribution in [0, 0.1) is 5.82 Å². The minimum Gasteiger partial charge on any atom is -0.496 e. The van der Waals surface area contributed by atoms with Gasteiger partial charge in [0.05, 0.1) is 25.5 Å². The number of hydrogen-bond donors (Lipinski definition) is 1. The molecule has 0 aliphatic rings. The van der Waals surface area contributed by atoms with Crippen LogP contribution in [0.15, 0.2) is 95.9 Å². The highest BCUT2D eigenvalue weighted by Crippen LogP contribution is 2.32. The van der Waals surface area contributed by atoms with E-state index in [-0.39, 0.29) is 22.3 Å². The molecule has 0 spiro atoms. The number of methoxy groups -OCH3 is 2. The third-order valence-electron chi connectivity index (χ3n) is 6.28. The molecule has 0 radical (unpaired) electrons. The van der Waals surface area contributed by atoms with Gasteiger partial charge in [0.2, 0.25) is 0 Å². The van der Waals surface area contributed by atoms with Crippen LogP contribution in [0.25, 0.3) is 11.1 Å². The van der Waals surface area contributed by atoms with Crippen LogP contribution in [-0.4, -0.2) is 35.1 Å². The Bertz CT molecular complexity index is 1570. The van der Waals surface area contributed by atoms with Gasteiger partial charge in [-0.15, -0.1) is 0 Å². The van der Waals surface area contributed by atoms with E-state index < -0.39 is 15.7 Å². The monoisotopic (exact) mass is 547 g/mol. The minimum atomic E-state index is -3.77. The molecule has 0 heterocycles. The molecule has 39 heavy (non-hydrogen) atoms. The third kappa shape index (κ3) is 7.03. The lowest BCUT2D eigenvalue weighted by atomic mass is 10.1. The lowest BCUT2D eigenvalue weighted by Gasteiger charge is -2.13. The number of hydrogen-bond acceptors (Lipinski definition) is 5. The topological polar surface area (TPSA) is 81.7 Å². The van der Waals surface area contributed by atoms with E-state index in [9.17, 15) is 17.6 Å². The molecule has 0 aliphatic carbocycles. The predicted octanol–water partition coefficient (Wildman–Crippen LogP) is 5.85. The zero-order valence-electron chi connectivity index (χ0n) is 21.8. The number of nitrogens with one attached hydrogen (secondary N) is 1. The highest BCUT2D eigenvalue weighted by atomic mass is 32.2. The Hall–Kier alpha value is -4.17. The predicted molar refractivity (Wildman–Crippen MR) is 149 cm³/mol. The number of halogens is 1. The van der Waals surface area contributed by atoms with Crippen molar-refractivity contribution in [2.75, 3.05) is 20.8 Å². The van der Waals surface area contributed by atoms with Gasteiger partial charge < -0.3 is 14.8 Å². The number of rotatable bonds is 11. The lowest BCUT2D eigenvalue weighted by molar-refractivity contribution is 0.0950. The van der Waals surface area contributed by atoms with Crippen molar-refractivity contribution in [2.24, 2.45) is 0 Å². The van der Waals surface area contributed by atoms with Gasteiger partial charge in [-0.3, -0.25) is 4.79 Å². The zero-order chi connectivity index (χ0) is 27.8. The van der Waals surface area contributed by atoms with Gasteiger partial charge in [-0.25, -0.2) is 12.8 Å². The Balaban J connectivity index is 1.43. The first-order valence-electron chi connectivity index (χ1n) is 12.5. The maximum absolute atomic E-state index is 13.7. The normalized spacial score (nSPS) is 11.2. The fourth-order valence-electron chi connectivity index (χ4n) is 4.36. The van der Waals surface area contributed by atoms with Crippen molar-refractivity contribution in [3.63, 3.8) is 0 Å². The number of para-hydroxylation sites is 1. The molecule has 0 saturated heterocycles. The molecule has 0 saturated carbocycles. The summed E-state index contributed by atoms with van der Waals surface area (Å²) in [5.74, 6) is -0.0707. The van der Waals surface area contributed by atoms with Crippen molar-refractivity contribution >= 4 is 15.7 Å². The number of benzene rings is 4. The molecule has 8 heteroatoms. The van der Waals surface area contributed by atoms with E-state index in [0.29, 0.717) is 47.4 Å². The summed E-state index contributed by atoms with van der Waals surface area (Å²) in [6, 6.07) is 25.3. The van der Waals surface area contributed by atoms with E-state index >= 15 is 0 Å². The molecule has 0 unspecified atom stereocenters. The van der Waals surface area contributed by atoms with Crippen molar-refractivity contribution in [1.82, 2.24) is 5.32 Å². The maximum atomic E-state index is 13.7. The Morgan fingerprint density at radius 1 is 0.795 bits per heavy atom. The van der Waals surface area contributed by atoms with Crippen molar-refractivity contribution < 1.29 is 27.1 Å². The smallest absolute Gasteiger partial charge is 0.255 e. The Morgan fingerprint density at radius 2 is 1.51 bits per heavy atom. The first-order chi connectivity index (χ1) is 18.8. The van der Waals surface area contributed by atoms with E-state index in [1.54, 1.807) is 54.6 Å². The lowest BCUT2D eigenvalue weighted by Crippen LogP contribution is -2.25. The SMILES string of the molecule is COc1ccccc1C(=O)NCCCc1cccc(CS(=O)(=O)c2cc(-c3cccc(F)c3)ccc2OC)c1. The van der Waals surface area contributed by atoms with E-state index in [4.69, 9.17) is 9.47 Å². The molecule has 0 atom stereocenters. The number of amides is 1. The third-order valence-corrected chi connectivity index (χ3v) is 7.99. The number of ether oxygens (including phenoxy) is 2. The summed E-state index contributed by atoms with van der Waals surface area (Å²) in [6.07, 6.45) is 1.35. The summed E-state index contributed by atoms with van der Waals surface area (Å²) >= 11 is 0. The summed E-state index contributed by atoms with van der Waals surface area (Å²) in [5.41, 5.74) is 3.24. The van der Waals surface area contributed by atoms with Gasteiger partial charge in [0, 0.05) is 6.54 Å². The molecule has 1 amide bonds. The highest BCUT2D eigenvalue weighted by Gasteiger charge is 2.22. The molecule has 1 N–H and O–H groups in total. The van der Waals surface area contributed by atoms with E-state index in [1.165, 1.54) is 32.4 Å². The summed E-state index contributed by atoms with van der Waals surface area (Å²) in [7, 11) is -0.830. The highest BCUT2D eigenvalue weighted by molar-refractivity contribution is 7.90. The quantitative estimate of drug-likeness (QED) is 0.238. The molecule has 0 bridgehead atoms. The van der Waals surface area contributed by atoms with Gasteiger partial charge in [-0.1, -0.05) is 54.6 Å². The number of carbonyl (C=O) groups is 1. The molecule has 6 nitrogen and oxygen atoms in total. The van der Waals surface area contributed by atoms with Gasteiger partial charge >= 0.3 is 0 Å². The Kier molecular flexibility index (Phi) is 8.99. The average molecular weight is 548 g/mol. The largest absolute Gasteiger partial charge is 0.496 e. The molecular weight excluding hydrogens is 517 g/mol. The van der Waals surface area contributed by atoms with E-state index in [0.717, 1.165) is 5.56 Å². The first-order valence-corrected chi connectivity index (χ1v) is 14.1. The van der Waals surface area contributed by atoms with Crippen LogP contribution in [0.3, 0.4) is 0 Å². The fourth-order valence-corrected chi connectivity index (χ4v) is 5.90. The maximum Gasteiger partial charge on any atom is 0.255 e. The van der Waals surface area contributed by atoms with Crippen LogP contribution in [0.1, 0.15) is 27.9 Å². The molecular formula is C31H30FNO5S. The molecule has 202 valence electrons. The second-order valence-electron chi connectivity index (χ2n) is 9.01. The second kappa shape index (κ2) is 12.6. The van der Waals surface area contributed by atoms with Gasteiger partial charge in [0.1, 0.15) is 22.2 Å².